The molecule has 1 N–H and O–H groups in total. The molecule has 0 bridgehead atoms. The molecule has 2 rings (SSSR count). The van der Waals surface area contributed by atoms with Crippen molar-refractivity contribution in [3.8, 4) is 5.75 Å². The Labute approximate surface area is 114 Å². The van der Waals surface area contributed by atoms with Gasteiger partial charge in [-0.05, 0) is 30.5 Å². The molecular formula is C14H14FNO2S. The number of halogens is 1. The molecule has 0 saturated carbocycles. The van der Waals surface area contributed by atoms with Crippen LogP contribution < -0.4 is 0 Å². The van der Waals surface area contributed by atoms with Gasteiger partial charge in [-0.2, -0.15) is 0 Å². The summed E-state index contributed by atoms with van der Waals surface area (Å²) >= 11 is 1.54. The number of carbonyl (C=O) groups is 1. The van der Waals surface area contributed by atoms with Gasteiger partial charge in [0, 0.05) is 11.4 Å². The van der Waals surface area contributed by atoms with E-state index in [4.69, 9.17) is 0 Å². The van der Waals surface area contributed by atoms with Crippen molar-refractivity contribution < 1.29 is 14.3 Å². The molecule has 5 heteroatoms. The molecule has 1 heterocycles. The van der Waals surface area contributed by atoms with E-state index >= 15 is 0 Å². The van der Waals surface area contributed by atoms with Crippen LogP contribution in [-0.2, 0) is 6.54 Å². The number of hydrogen-bond donors (Lipinski definition) is 1. The van der Waals surface area contributed by atoms with Crippen LogP contribution in [0.25, 0.3) is 0 Å². The van der Waals surface area contributed by atoms with Gasteiger partial charge in [0.15, 0.2) is 0 Å². The quantitative estimate of drug-likeness (QED) is 0.933. The maximum absolute atomic E-state index is 13.7. The predicted octanol–water partition coefficient (Wildman–Crippen LogP) is 3.26. The highest BCUT2D eigenvalue weighted by Crippen LogP contribution is 2.23. The fourth-order valence-corrected chi connectivity index (χ4v) is 2.52. The summed E-state index contributed by atoms with van der Waals surface area (Å²) in [6.07, 6.45) is 0. The van der Waals surface area contributed by atoms with Gasteiger partial charge in [-0.3, -0.25) is 4.79 Å². The number of hydrogen-bond acceptors (Lipinski definition) is 3. The molecule has 0 unspecified atom stereocenters. The maximum atomic E-state index is 13.7. The number of thiophene rings is 1. The molecule has 100 valence electrons. The van der Waals surface area contributed by atoms with Crippen molar-refractivity contribution in [2.75, 3.05) is 6.54 Å². The zero-order valence-corrected chi connectivity index (χ0v) is 11.3. The average Bonchev–Trinajstić information content (AvgIpc) is 2.88. The van der Waals surface area contributed by atoms with Gasteiger partial charge in [0.05, 0.1) is 6.54 Å². The first-order valence-electron chi connectivity index (χ1n) is 5.92. The summed E-state index contributed by atoms with van der Waals surface area (Å²) in [6, 6.07) is 7.68. The van der Waals surface area contributed by atoms with Crippen LogP contribution in [0.2, 0.25) is 0 Å². The predicted molar refractivity (Wildman–Crippen MR) is 72.8 cm³/mol. The van der Waals surface area contributed by atoms with E-state index in [0.29, 0.717) is 13.1 Å². The second-order valence-electron chi connectivity index (χ2n) is 4.03. The molecule has 0 aliphatic rings. The standard InChI is InChI=1S/C14H14FNO2S/c1-2-16(9-10-5-4-8-19-10)14(18)13-11(15)6-3-7-12(13)17/h3-8,17H,2,9H2,1H3. The number of rotatable bonds is 4. The van der Waals surface area contributed by atoms with Crippen LogP contribution in [0.1, 0.15) is 22.2 Å². The number of benzene rings is 1. The van der Waals surface area contributed by atoms with E-state index in [2.05, 4.69) is 0 Å². The molecule has 0 radical (unpaired) electrons. The van der Waals surface area contributed by atoms with E-state index in [-0.39, 0.29) is 11.3 Å². The molecule has 0 fully saturated rings. The van der Waals surface area contributed by atoms with Gasteiger partial charge in [-0.15, -0.1) is 11.3 Å². The Bertz CT molecular complexity index is 549. The number of aromatic hydroxyl groups is 1. The molecule has 0 spiro atoms. The largest absolute Gasteiger partial charge is 0.507 e. The Morgan fingerprint density at radius 3 is 2.74 bits per heavy atom. The fraction of sp³-hybridized carbons (Fsp3) is 0.214. The average molecular weight is 279 g/mol. The highest BCUT2D eigenvalue weighted by Gasteiger charge is 2.22. The minimum atomic E-state index is -0.699. The van der Waals surface area contributed by atoms with Crippen LogP contribution in [0.15, 0.2) is 35.7 Å². The molecule has 2 aromatic rings. The number of nitrogens with zero attached hydrogens (tertiary/aromatic N) is 1. The summed E-state index contributed by atoms with van der Waals surface area (Å²) in [7, 11) is 0. The SMILES string of the molecule is CCN(Cc1cccs1)C(=O)c1c(O)cccc1F. The summed E-state index contributed by atoms with van der Waals surface area (Å²) in [6.45, 7) is 2.69. The van der Waals surface area contributed by atoms with Crippen molar-refractivity contribution >= 4 is 17.2 Å². The second-order valence-corrected chi connectivity index (χ2v) is 5.06. The van der Waals surface area contributed by atoms with Crippen molar-refractivity contribution in [3.63, 3.8) is 0 Å². The van der Waals surface area contributed by atoms with E-state index < -0.39 is 11.7 Å². The molecular weight excluding hydrogens is 265 g/mol. The summed E-state index contributed by atoms with van der Waals surface area (Å²) in [4.78, 5) is 14.8. The summed E-state index contributed by atoms with van der Waals surface area (Å²) < 4.78 is 13.7. The van der Waals surface area contributed by atoms with Crippen LogP contribution in [0.3, 0.4) is 0 Å². The maximum Gasteiger partial charge on any atom is 0.260 e. The lowest BCUT2D eigenvalue weighted by atomic mass is 10.1. The fourth-order valence-electron chi connectivity index (χ4n) is 1.80. The van der Waals surface area contributed by atoms with Gasteiger partial charge in [0.25, 0.3) is 5.91 Å². The van der Waals surface area contributed by atoms with Gasteiger partial charge in [0.2, 0.25) is 0 Å². The minimum absolute atomic E-state index is 0.263. The van der Waals surface area contributed by atoms with E-state index in [1.165, 1.54) is 34.4 Å². The Kier molecular flexibility index (Phi) is 4.16. The van der Waals surface area contributed by atoms with E-state index in [1.807, 2.05) is 24.4 Å². The lowest BCUT2D eigenvalue weighted by Gasteiger charge is -2.20. The first kappa shape index (κ1) is 13.5. The van der Waals surface area contributed by atoms with Gasteiger partial charge >= 0.3 is 0 Å². The zero-order chi connectivity index (χ0) is 13.8. The highest BCUT2D eigenvalue weighted by molar-refractivity contribution is 7.09. The number of carbonyl (C=O) groups excluding carboxylic acids is 1. The van der Waals surface area contributed by atoms with Crippen LogP contribution in [0.4, 0.5) is 4.39 Å². The third-order valence-electron chi connectivity index (χ3n) is 2.80. The van der Waals surface area contributed by atoms with E-state index in [1.54, 1.807) is 0 Å². The Balaban J connectivity index is 2.26. The van der Waals surface area contributed by atoms with Crippen molar-refractivity contribution in [1.29, 1.82) is 0 Å². The van der Waals surface area contributed by atoms with E-state index in [9.17, 15) is 14.3 Å². The summed E-state index contributed by atoms with van der Waals surface area (Å²) in [5.41, 5.74) is -0.263. The molecule has 19 heavy (non-hydrogen) atoms. The topological polar surface area (TPSA) is 40.5 Å². The third kappa shape index (κ3) is 2.93. The van der Waals surface area contributed by atoms with Gasteiger partial charge in [0.1, 0.15) is 17.1 Å². The number of phenols is 1. The Hall–Kier alpha value is -1.88. The van der Waals surface area contributed by atoms with Gasteiger partial charge in [-0.25, -0.2) is 4.39 Å². The molecule has 1 aromatic carbocycles. The van der Waals surface area contributed by atoms with Crippen molar-refractivity contribution in [3.05, 3.63) is 52.0 Å². The van der Waals surface area contributed by atoms with E-state index in [0.717, 1.165) is 4.88 Å². The Morgan fingerprint density at radius 2 is 2.16 bits per heavy atom. The second kappa shape index (κ2) is 5.84. The lowest BCUT2D eigenvalue weighted by molar-refractivity contribution is 0.0746. The third-order valence-corrected chi connectivity index (χ3v) is 3.66. The van der Waals surface area contributed by atoms with Gasteiger partial charge in [-0.1, -0.05) is 12.1 Å². The van der Waals surface area contributed by atoms with Crippen LogP contribution in [0.5, 0.6) is 5.75 Å². The van der Waals surface area contributed by atoms with Crippen molar-refractivity contribution in [1.82, 2.24) is 4.90 Å². The minimum Gasteiger partial charge on any atom is -0.507 e. The smallest absolute Gasteiger partial charge is 0.260 e. The first-order chi connectivity index (χ1) is 9.13. The summed E-state index contributed by atoms with van der Waals surface area (Å²) in [5.74, 6) is -1.52. The molecule has 0 aliphatic carbocycles. The normalized spacial score (nSPS) is 10.4. The van der Waals surface area contributed by atoms with Crippen LogP contribution >= 0.6 is 11.3 Å². The van der Waals surface area contributed by atoms with Crippen LogP contribution in [0, 0.1) is 5.82 Å². The number of amides is 1. The zero-order valence-electron chi connectivity index (χ0n) is 10.5. The van der Waals surface area contributed by atoms with Gasteiger partial charge < -0.3 is 10.0 Å². The Morgan fingerprint density at radius 1 is 1.37 bits per heavy atom. The highest BCUT2D eigenvalue weighted by atomic mass is 32.1. The molecule has 1 amide bonds. The summed E-state index contributed by atoms with van der Waals surface area (Å²) in [5, 5.41) is 11.6. The van der Waals surface area contributed by atoms with Crippen molar-refractivity contribution in [2.45, 2.75) is 13.5 Å². The molecule has 0 aliphatic heterocycles. The first-order valence-corrected chi connectivity index (χ1v) is 6.80. The molecule has 1 aromatic heterocycles. The molecule has 3 nitrogen and oxygen atoms in total. The molecule has 0 atom stereocenters. The monoisotopic (exact) mass is 279 g/mol. The molecule has 0 saturated heterocycles. The lowest BCUT2D eigenvalue weighted by Crippen LogP contribution is -2.30. The van der Waals surface area contributed by atoms with Crippen LogP contribution in [-0.4, -0.2) is 22.5 Å². The van der Waals surface area contributed by atoms with Crippen molar-refractivity contribution in [2.24, 2.45) is 0 Å². The number of phenolic OH excluding ortho intramolecular Hbond substituents is 1.